The van der Waals surface area contributed by atoms with E-state index in [0.29, 0.717) is 18.4 Å². The maximum absolute atomic E-state index is 11.8. The molecule has 2 aromatic carbocycles. The highest BCUT2D eigenvalue weighted by atomic mass is 35.5. The number of carboxylic acid groups (broad SMARTS) is 1. The third kappa shape index (κ3) is 6.63. The lowest BCUT2D eigenvalue weighted by atomic mass is 10.1. The molecule has 0 fully saturated rings. The number of benzene rings is 2. The molecule has 7 nitrogen and oxygen atoms in total. The van der Waals surface area contributed by atoms with Gasteiger partial charge in [0.25, 0.3) is 0 Å². The molecule has 0 aliphatic carbocycles. The molecule has 1 amide bonds. The maximum Gasteiger partial charge on any atom is 0.341 e. The molecule has 27 heavy (non-hydrogen) atoms. The molecule has 8 heteroatoms. The number of carbonyl (C=O) groups is 2. The lowest BCUT2D eigenvalue weighted by molar-refractivity contribution is -0.139. The van der Waals surface area contributed by atoms with Gasteiger partial charge in [-0.2, -0.15) is 5.10 Å². The largest absolute Gasteiger partial charge is 0.493 e. The summed E-state index contributed by atoms with van der Waals surface area (Å²) in [6.45, 7) is -0.541. The Hall–Kier alpha value is -3.06. The van der Waals surface area contributed by atoms with Crippen molar-refractivity contribution in [3.05, 3.63) is 58.6 Å². The number of nitrogens with zero attached hydrogens (tertiary/aromatic N) is 1. The molecule has 142 valence electrons. The molecule has 0 spiro atoms. The number of hydrogen-bond donors (Lipinski definition) is 2. The number of carbonyl (C=O) groups excluding carboxylic acids is 1. The SMILES string of the molecule is COc1cc(/C=N\NC(=O)CCc2ccccc2)cc(Cl)c1OCC(=O)O. The molecule has 2 N–H and O–H groups in total. The Bertz CT molecular complexity index is 824. The zero-order valence-corrected chi connectivity index (χ0v) is 15.4. The molecular formula is C19H19ClN2O5. The first kappa shape index (κ1) is 20.3. The van der Waals surface area contributed by atoms with Crippen LogP contribution in [-0.2, 0) is 16.0 Å². The van der Waals surface area contributed by atoms with Crippen LogP contribution >= 0.6 is 11.6 Å². The lowest BCUT2D eigenvalue weighted by Crippen LogP contribution is -2.17. The van der Waals surface area contributed by atoms with Gasteiger partial charge in [0.15, 0.2) is 18.1 Å². The number of carboxylic acids is 1. The standard InChI is InChI=1S/C19H19ClN2O5/c1-26-16-10-14(9-15(20)19(16)27-12-18(24)25)11-21-22-17(23)8-7-13-5-3-2-4-6-13/h2-6,9-11H,7-8,12H2,1H3,(H,22,23)(H,24,25)/b21-11-. The highest BCUT2D eigenvalue weighted by Gasteiger charge is 2.13. The van der Waals surface area contributed by atoms with Crippen molar-refractivity contribution in [2.24, 2.45) is 5.10 Å². The Morgan fingerprint density at radius 2 is 2.00 bits per heavy atom. The third-order valence-electron chi connectivity index (χ3n) is 3.48. The molecule has 0 aliphatic heterocycles. The van der Waals surface area contributed by atoms with E-state index in [0.717, 1.165) is 5.56 Å². The van der Waals surface area contributed by atoms with Crippen molar-refractivity contribution in [1.82, 2.24) is 5.43 Å². The van der Waals surface area contributed by atoms with E-state index in [1.165, 1.54) is 19.4 Å². The molecule has 0 atom stereocenters. The zero-order chi connectivity index (χ0) is 19.6. The third-order valence-corrected chi connectivity index (χ3v) is 3.76. The normalized spacial score (nSPS) is 10.6. The summed E-state index contributed by atoms with van der Waals surface area (Å²) in [5.74, 6) is -0.947. The number of nitrogens with one attached hydrogen (secondary N) is 1. The molecule has 0 unspecified atom stereocenters. The van der Waals surface area contributed by atoms with Gasteiger partial charge < -0.3 is 14.6 Å². The van der Waals surface area contributed by atoms with Crippen LogP contribution in [-0.4, -0.2) is 36.9 Å². The number of hydrazone groups is 1. The van der Waals surface area contributed by atoms with Gasteiger partial charge in [-0.1, -0.05) is 41.9 Å². The summed E-state index contributed by atoms with van der Waals surface area (Å²) in [6.07, 6.45) is 2.35. The van der Waals surface area contributed by atoms with E-state index >= 15 is 0 Å². The van der Waals surface area contributed by atoms with E-state index in [1.807, 2.05) is 30.3 Å². The minimum absolute atomic E-state index is 0.130. The smallest absolute Gasteiger partial charge is 0.341 e. The van der Waals surface area contributed by atoms with Gasteiger partial charge in [-0.25, -0.2) is 10.2 Å². The first-order valence-electron chi connectivity index (χ1n) is 8.07. The summed E-state index contributed by atoms with van der Waals surface area (Å²) < 4.78 is 10.3. The molecule has 0 heterocycles. The van der Waals surface area contributed by atoms with Crippen LogP contribution in [0.4, 0.5) is 0 Å². The topological polar surface area (TPSA) is 97.2 Å². The van der Waals surface area contributed by atoms with Crippen molar-refractivity contribution in [2.75, 3.05) is 13.7 Å². The predicted octanol–water partition coefficient (Wildman–Crippen LogP) is 2.89. The maximum atomic E-state index is 11.8. The molecule has 0 aromatic heterocycles. The molecule has 2 rings (SSSR count). The minimum Gasteiger partial charge on any atom is -0.493 e. The summed E-state index contributed by atoms with van der Waals surface area (Å²) in [5, 5.41) is 12.8. The van der Waals surface area contributed by atoms with Gasteiger partial charge >= 0.3 is 5.97 Å². The number of hydrogen-bond acceptors (Lipinski definition) is 5. The van der Waals surface area contributed by atoms with E-state index in [-0.39, 0.29) is 22.4 Å². The number of ether oxygens (including phenoxy) is 2. The molecule has 0 aliphatic rings. The lowest BCUT2D eigenvalue weighted by Gasteiger charge is -2.11. The Morgan fingerprint density at radius 1 is 1.26 bits per heavy atom. The second-order valence-electron chi connectivity index (χ2n) is 5.50. The van der Waals surface area contributed by atoms with E-state index in [9.17, 15) is 9.59 Å². The van der Waals surface area contributed by atoms with Crippen molar-refractivity contribution in [3.8, 4) is 11.5 Å². The summed E-state index contributed by atoms with van der Waals surface area (Å²) in [7, 11) is 1.41. The summed E-state index contributed by atoms with van der Waals surface area (Å²) >= 11 is 6.11. The van der Waals surface area contributed by atoms with Crippen LogP contribution in [0.1, 0.15) is 17.5 Å². The number of aliphatic carboxylic acids is 1. The highest BCUT2D eigenvalue weighted by Crippen LogP contribution is 2.36. The number of aryl methyl sites for hydroxylation is 1. The van der Waals surface area contributed by atoms with E-state index < -0.39 is 12.6 Å². The van der Waals surface area contributed by atoms with Gasteiger partial charge in [0.2, 0.25) is 5.91 Å². The van der Waals surface area contributed by atoms with Gasteiger partial charge in [0, 0.05) is 6.42 Å². The summed E-state index contributed by atoms with van der Waals surface area (Å²) in [6, 6.07) is 12.8. The van der Waals surface area contributed by atoms with Crippen molar-refractivity contribution in [2.45, 2.75) is 12.8 Å². The molecule has 0 saturated carbocycles. The predicted molar refractivity (Wildman–Crippen MR) is 102 cm³/mol. The van der Waals surface area contributed by atoms with E-state index in [1.54, 1.807) is 6.07 Å². The van der Waals surface area contributed by atoms with Crippen LogP contribution in [0.5, 0.6) is 11.5 Å². The average molecular weight is 391 g/mol. The first-order valence-corrected chi connectivity index (χ1v) is 8.45. The van der Waals surface area contributed by atoms with Crippen molar-refractivity contribution < 1.29 is 24.2 Å². The van der Waals surface area contributed by atoms with Crippen molar-refractivity contribution in [3.63, 3.8) is 0 Å². The Balaban J connectivity index is 1.94. The van der Waals surface area contributed by atoms with Crippen LogP contribution in [0.15, 0.2) is 47.6 Å². The molecule has 0 saturated heterocycles. The Labute approximate surface area is 161 Å². The zero-order valence-electron chi connectivity index (χ0n) is 14.6. The van der Waals surface area contributed by atoms with Gasteiger partial charge in [-0.3, -0.25) is 4.79 Å². The van der Waals surface area contributed by atoms with Gasteiger partial charge in [0.05, 0.1) is 18.3 Å². The second kappa shape index (κ2) is 10.2. The fourth-order valence-electron chi connectivity index (χ4n) is 2.23. The molecule has 0 bridgehead atoms. The van der Waals surface area contributed by atoms with Gasteiger partial charge in [0.1, 0.15) is 0 Å². The average Bonchev–Trinajstić information content (AvgIpc) is 2.65. The number of amides is 1. The summed E-state index contributed by atoms with van der Waals surface area (Å²) in [5.41, 5.74) is 4.08. The fourth-order valence-corrected chi connectivity index (χ4v) is 2.50. The molecule has 0 radical (unpaired) electrons. The Kier molecular flexibility index (Phi) is 7.63. The number of halogens is 1. The summed E-state index contributed by atoms with van der Waals surface area (Å²) in [4.78, 5) is 22.5. The highest BCUT2D eigenvalue weighted by molar-refractivity contribution is 6.32. The van der Waals surface area contributed by atoms with Gasteiger partial charge in [-0.15, -0.1) is 0 Å². The number of rotatable bonds is 9. The monoisotopic (exact) mass is 390 g/mol. The van der Waals surface area contributed by atoms with Crippen LogP contribution in [0.25, 0.3) is 0 Å². The van der Waals surface area contributed by atoms with E-state index in [4.69, 9.17) is 26.2 Å². The van der Waals surface area contributed by atoms with Crippen molar-refractivity contribution in [1.29, 1.82) is 0 Å². The van der Waals surface area contributed by atoms with Crippen LogP contribution < -0.4 is 14.9 Å². The van der Waals surface area contributed by atoms with E-state index in [2.05, 4.69) is 10.5 Å². The van der Waals surface area contributed by atoms with Crippen LogP contribution in [0.3, 0.4) is 0 Å². The molecule has 2 aromatic rings. The van der Waals surface area contributed by atoms with Crippen LogP contribution in [0.2, 0.25) is 5.02 Å². The van der Waals surface area contributed by atoms with Crippen LogP contribution in [0, 0.1) is 0 Å². The Morgan fingerprint density at radius 3 is 2.67 bits per heavy atom. The number of methoxy groups -OCH3 is 1. The fraction of sp³-hybridized carbons (Fsp3) is 0.211. The first-order chi connectivity index (χ1) is 13.0. The molecular weight excluding hydrogens is 372 g/mol. The minimum atomic E-state index is -1.13. The van der Waals surface area contributed by atoms with Gasteiger partial charge in [-0.05, 0) is 29.7 Å². The quantitative estimate of drug-likeness (QED) is 0.507. The van der Waals surface area contributed by atoms with Crippen molar-refractivity contribution >= 4 is 29.7 Å². The second-order valence-corrected chi connectivity index (χ2v) is 5.90.